The second-order valence-corrected chi connectivity index (χ2v) is 5.54. The van der Waals surface area contributed by atoms with Crippen LogP contribution in [0, 0.1) is 5.82 Å². The molecule has 108 valence electrons. The van der Waals surface area contributed by atoms with Gasteiger partial charge in [-0.1, -0.05) is 64.5 Å². The Morgan fingerprint density at radius 2 is 1.74 bits per heavy atom. The molecule has 0 aliphatic rings. The van der Waals surface area contributed by atoms with Crippen LogP contribution < -0.4 is 5.73 Å². The molecule has 0 saturated heterocycles. The van der Waals surface area contributed by atoms with Crippen molar-refractivity contribution in [2.45, 2.75) is 70.8 Å². The van der Waals surface area contributed by atoms with E-state index in [0.29, 0.717) is 0 Å². The molecule has 0 spiro atoms. The van der Waals surface area contributed by atoms with E-state index < -0.39 is 0 Å². The fourth-order valence-electron chi connectivity index (χ4n) is 2.54. The first-order valence-electron chi connectivity index (χ1n) is 7.67. The van der Waals surface area contributed by atoms with Crippen LogP contribution in [0.15, 0.2) is 24.3 Å². The summed E-state index contributed by atoms with van der Waals surface area (Å²) in [7, 11) is 0. The molecule has 1 atom stereocenters. The van der Waals surface area contributed by atoms with Crippen molar-refractivity contribution in [3.8, 4) is 0 Å². The lowest BCUT2D eigenvalue weighted by molar-refractivity contribution is 0.371. The molecule has 1 unspecified atom stereocenters. The Morgan fingerprint density at radius 3 is 2.37 bits per heavy atom. The first-order chi connectivity index (χ1) is 9.12. The number of hydrogen-bond donors (Lipinski definition) is 1. The zero-order valence-electron chi connectivity index (χ0n) is 12.4. The third kappa shape index (κ3) is 5.32. The minimum atomic E-state index is -0.368. The lowest BCUT2D eigenvalue weighted by atomic mass is 9.83. The summed E-state index contributed by atoms with van der Waals surface area (Å²) in [6.07, 6.45) is 9.37. The number of rotatable bonds is 9. The van der Waals surface area contributed by atoms with Crippen molar-refractivity contribution in [3.63, 3.8) is 0 Å². The Kier molecular flexibility index (Phi) is 7.07. The Morgan fingerprint density at radius 1 is 1.05 bits per heavy atom. The molecule has 2 N–H and O–H groups in total. The Labute approximate surface area is 117 Å². The van der Waals surface area contributed by atoms with Crippen LogP contribution in [0.4, 0.5) is 4.39 Å². The summed E-state index contributed by atoms with van der Waals surface area (Å²) in [5.74, 6) is -0.191. The number of benzene rings is 1. The highest BCUT2D eigenvalue weighted by Gasteiger charge is 2.24. The summed E-state index contributed by atoms with van der Waals surface area (Å²) in [6.45, 7) is 4.31. The molecule has 19 heavy (non-hydrogen) atoms. The second kappa shape index (κ2) is 8.31. The van der Waals surface area contributed by atoms with Crippen molar-refractivity contribution in [3.05, 3.63) is 35.6 Å². The van der Waals surface area contributed by atoms with Crippen molar-refractivity contribution >= 4 is 0 Å². The Hall–Kier alpha value is -0.890. The molecule has 1 aromatic rings. The third-order valence-electron chi connectivity index (χ3n) is 4.01. The largest absolute Gasteiger partial charge is 0.321 e. The highest BCUT2D eigenvalue weighted by molar-refractivity contribution is 5.24. The van der Waals surface area contributed by atoms with Gasteiger partial charge in [0.25, 0.3) is 0 Å². The van der Waals surface area contributed by atoms with Gasteiger partial charge in [0.2, 0.25) is 0 Å². The van der Waals surface area contributed by atoms with E-state index in [1.807, 2.05) is 6.07 Å². The van der Waals surface area contributed by atoms with Gasteiger partial charge in [0.1, 0.15) is 5.82 Å². The van der Waals surface area contributed by atoms with Crippen molar-refractivity contribution in [2.75, 3.05) is 0 Å². The fraction of sp³-hybridized carbons (Fsp3) is 0.647. The second-order valence-electron chi connectivity index (χ2n) is 5.54. The zero-order chi connectivity index (χ0) is 14.1. The lowest BCUT2D eigenvalue weighted by Gasteiger charge is -2.29. The van der Waals surface area contributed by atoms with E-state index in [0.717, 1.165) is 24.8 Å². The van der Waals surface area contributed by atoms with Gasteiger partial charge in [0.15, 0.2) is 0 Å². The van der Waals surface area contributed by atoms with Gasteiger partial charge in [0.05, 0.1) is 0 Å². The number of unbranched alkanes of at least 4 members (excludes halogenated alkanes) is 5. The smallest absolute Gasteiger partial charge is 0.123 e. The van der Waals surface area contributed by atoms with Crippen LogP contribution >= 0.6 is 0 Å². The maximum atomic E-state index is 13.3. The van der Waals surface area contributed by atoms with E-state index in [1.54, 1.807) is 12.1 Å². The molecule has 0 amide bonds. The minimum Gasteiger partial charge on any atom is -0.321 e. The molecule has 1 aromatic carbocycles. The molecule has 1 nitrogen and oxygen atoms in total. The summed E-state index contributed by atoms with van der Waals surface area (Å²) in [6, 6.07) is 6.76. The first-order valence-corrected chi connectivity index (χ1v) is 7.67. The monoisotopic (exact) mass is 265 g/mol. The molecule has 1 rings (SSSR count). The molecule has 0 radical (unpaired) electrons. The molecule has 0 heterocycles. The SMILES string of the molecule is CCCCCCCCC(N)(CC)c1cccc(F)c1. The van der Waals surface area contributed by atoms with Crippen LogP contribution in [-0.4, -0.2) is 0 Å². The molecular formula is C17H28FN. The summed E-state index contributed by atoms with van der Waals surface area (Å²) < 4.78 is 13.3. The van der Waals surface area contributed by atoms with E-state index in [-0.39, 0.29) is 11.4 Å². The van der Waals surface area contributed by atoms with Gasteiger partial charge in [-0.3, -0.25) is 0 Å². The highest BCUT2D eigenvalue weighted by atomic mass is 19.1. The standard InChI is InChI=1S/C17H28FN/c1-3-5-6-7-8-9-13-17(19,4-2)15-11-10-12-16(18)14-15/h10-12,14H,3-9,13,19H2,1-2H3. The van der Waals surface area contributed by atoms with Gasteiger partial charge in [-0.2, -0.15) is 0 Å². The van der Waals surface area contributed by atoms with Crippen LogP contribution in [0.25, 0.3) is 0 Å². The third-order valence-corrected chi connectivity index (χ3v) is 4.01. The van der Waals surface area contributed by atoms with Crippen LogP contribution in [-0.2, 0) is 5.54 Å². The maximum Gasteiger partial charge on any atom is 0.123 e. The minimum absolute atomic E-state index is 0.191. The molecule has 0 fully saturated rings. The Bertz CT molecular complexity index is 364. The van der Waals surface area contributed by atoms with Gasteiger partial charge in [-0.25, -0.2) is 4.39 Å². The summed E-state index contributed by atoms with van der Waals surface area (Å²) >= 11 is 0. The Balaban J connectivity index is 2.47. The van der Waals surface area contributed by atoms with E-state index in [9.17, 15) is 4.39 Å². The van der Waals surface area contributed by atoms with Crippen LogP contribution in [0.2, 0.25) is 0 Å². The molecule has 0 aromatic heterocycles. The number of hydrogen-bond acceptors (Lipinski definition) is 1. The van der Waals surface area contributed by atoms with Crippen molar-refractivity contribution in [1.29, 1.82) is 0 Å². The predicted octanol–water partition coefficient (Wildman–Crippen LogP) is 5.14. The summed E-state index contributed by atoms with van der Waals surface area (Å²) in [5, 5.41) is 0. The average molecular weight is 265 g/mol. The van der Waals surface area contributed by atoms with Gasteiger partial charge in [-0.05, 0) is 30.5 Å². The topological polar surface area (TPSA) is 26.0 Å². The summed E-state index contributed by atoms with van der Waals surface area (Å²) in [4.78, 5) is 0. The lowest BCUT2D eigenvalue weighted by Crippen LogP contribution is -2.36. The maximum absolute atomic E-state index is 13.3. The summed E-state index contributed by atoms with van der Waals surface area (Å²) in [5.41, 5.74) is 7.03. The number of halogens is 1. The quantitative estimate of drug-likeness (QED) is 0.615. The normalized spacial score (nSPS) is 14.3. The van der Waals surface area contributed by atoms with E-state index >= 15 is 0 Å². The van der Waals surface area contributed by atoms with Crippen LogP contribution in [0.1, 0.15) is 70.8 Å². The van der Waals surface area contributed by atoms with E-state index in [4.69, 9.17) is 5.73 Å². The molecule has 0 aliphatic heterocycles. The van der Waals surface area contributed by atoms with E-state index in [1.165, 1.54) is 38.2 Å². The fourth-order valence-corrected chi connectivity index (χ4v) is 2.54. The van der Waals surface area contributed by atoms with Gasteiger partial charge >= 0.3 is 0 Å². The average Bonchev–Trinajstić information content (AvgIpc) is 2.42. The molecule has 0 aliphatic carbocycles. The van der Waals surface area contributed by atoms with Gasteiger partial charge < -0.3 is 5.73 Å². The molecule has 0 saturated carbocycles. The van der Waals surface area contributed by atoms with Crippen molar-refractivity contribution in [1.82, 2.24) is 0 Å². The first kappa shape index (κ1) is 16.2. The van der Waals surface area contributed by atoms with Crippen LogP contribution in [0.3, 0.4) is 0 Å². The van der Waals surface area contributed by atoms with Crippen molar-refractivity contribution < 1.29 is 4.39 Å². The van der Waals surface area contributed by atoms with E-state index in [2.05, 4.69) is 13.8 Å². The number of nitrogens with two attached hydrogens (primary N) is 1. The van der Waals surface area contributed by atoms with Gasteiger partial charge in [-0.15, -0.1) is 0 Å². The zero-order valence-corrected chi connectivity index (χ0v) is 12.4. The molecule has 0 bridgehead atoms. The van der Waals surface area contributed by atoms with Crippen molar-refractivity contribution in [2.24, 2.45) is 5.73 Å². The van der Waals surface area contributed by atoms with Crippen LogP contribution in [0.5, 0.6) is 0 Å². The predicted molar refractivity (Wildman–Crippen MR) is 80.5 cm³/mol. The molecular weight excluding hydrogens is 237 g/mol. The van der Waals surface area contributed by atoms with Gasteiger partial charge in [0, 0.05) is 5.54 Å². The molecule has 2 heteroatoms. The highest BCUT2D eigenvalue weighted by Crippen LogP contribution is 2.28.